The predicted molar refractivity (Wildman–Crippen MR) is 96.8 cm³/mol. The summed E-state index contributed by atoms with van der Waals surface area (Å²) in [4.78, 5) is 16.0. The average molecular weight is 352 g/mol. The first kappa shape index (κ1) is 19.1. The number of ether oxygens (including phenoxy) is 2. The summed E-state index contributed by atoms with van der Waals surface area (Å²) >= 11 is 0. The molecule has 7 heteroatoms. The van der Waals surface area contributed by atoms with Crippen molar-refractivity contribution in [3.63, 3.8) is 0 Å². The largest absolute Gasteiger partial charge is 0.467 e. The fourth-order valence-corrected chi connectivity index (χ4v) is 2.20. The number of nitrogens with one attached hydrogen (secondary N) is 1. The standard InChI is InChI=1S/C19H20N4O3/c1-13-4-6-15(7-5-13)10-21-23-18(24)12-26-19-17(9-20)16(11-25-3)8-14(2)22-19/h4-8,10H,11-12H2,1-3H3,(H,23,24). The molecule has 0 aliphatic rings. The Morgan fingerprint density at radius 3 is 2.73 bits per heavy atom. The average Bonchev–Trinajstić information content (AvgIpc) is 2.62. The van der Waals surface area contributed by atoms with Crippen molar-refractivity contribution in [2.24, 2.45) is 5.10 Å². The molecule has 1 heterocycles. The van der Waals surface area contributed by atoms with E-state index in [9.17, 15) is 10.1 Å². The number of benzene rings is 1. The molecule has 0 radical (unpaired) electrons. The second-order valence-corrected chi connectivity index (χ2v) is 5.64. The van der Waals surface area contributed by atoms with Crippen molar-refractivity contribution >= 4 is 12.1 Å². The summed E-state index contributed by atoms with van der Waals surface area (Å²) in [6, 6.07) is 11.5. The Kier molecular flexibility index (Phi) is 6.83. The lowest BCUT2D eigenvalue weighted by atomic mass is 10.1. The highest BCUT2D eigenvalue weighted by molar-refractivity contribution is 5.82. The lowest BCUT2D eigenvalue weighted by Gasteiger charge is -2.10. The summed E-state index contributed by atoms with van der Waals surface area (Å²) in [5, 5.41) is 13.2. The molecule has 0 saturated carbocycles. The first-order valence-corrected chi connectivity index (χ1v) is 7.94. The monoisotopic (exact) mass is 352 g/mol. The van der Waals surface area contributed by atoms with Crippen LogP contribution in [0.4, 0.5) is 0 Å². The van der Waals surface area contributed by atoms with Crippen molar-refractivity contribution in [3.05, 3.63) is 58.3 Å². The fraction of sp³-hybridized carbons (Fsp3) is 0.263. The number of hydrogen-bond acceptors (Lipinski definition) is 6. The van der Waals surface area contributed by atoms with Crippen molar-refractivity contribution in [1.82, 2.24) is 10.4 Å². The molecule has 1 aromatic carbocycles. The SMILES string of the molecule is COCc1cc(C)nc(OCC(=O)NN=Cc2ccc(C)cc2)c1C#N. The van der Waals surface area contributed by atoms with Crippen molar-refractivity contribution in [1.29, 1.82) is 5.26 Å². The number of methoxy groups -OCH3 is 1. The number of nitriles is 1. The highest BCUT2D eigenvalue weighted by Crippen LogP contribution is 2.21. The van der Waals surface area contributed by atoms with Crippen LogP contribution < -0.4 is 10.2 Å². The van der Waals surface area contributed by atoms with Crippen LogP contribution in [0.2, 0.25) is 0 Å². The molecule has 1 amide bonds. The molecule has 2 aromatic rings. The summed E-state index contributed by atoms with van der Waals surface area (Å²) in [6.45, 7) is 3.73. The van der Waals surface area contributed by atoms with Gasteiger partial charge in [-0.05, 0) is 25.5 Å². The minimum absolute atomic E-state index is 0.109. The fourth-order valence-electron chi connectivity index (χ4n) is 2.20. The number of aryl methyl sites for hydroxylation is 2. The highest BCUT2D eigenvalue weighted by Gasteiger charge is 2.14. The summed E-state index contributed by atoms with van der Waals surface area (Å²) in [7, 11) is 1.54. The van der Waals surface area contributed by atoms with Gasteiger partial charge < -0.3 is 9.47 Å². The normalized spacial score (nSPS) is 10.5. The van der Waals surface area contributed by atoms with Gasteiger partial charge in [0.05, 0.1) is 12.8 Å². The number of rotatable bonds is 7. The smallest absolute Gasteiger partial charge is 0.278 e. The maximum atomic E-state index is 11.9. The van der Waals surface area contributed by atoms with Gasteiger partial charge in [0.25, 0.3) is 5.91 Å². The second kappa shape index (κ2) is 9.30. The lowest BCUT2D eigenvalue weighted by molar-refractivity contribution is -0.123. The van der Waals surface area contributed by atoms with Gasteiger partial charge in [-0.3, -0.25) is 4.79 Å². The Labute approximate surface area is 152 Å². The van der Waals surface area contributed by atoms with Gasteiger partial charge in [-0.1, -0.05) is 29.8 Å². The quantitative estimate of drug-likeness (QED) is 0.609. The molecule has 0 unspecified atom stereocenters. The van der Waals surface area contributed by atoms with Crippen LogP contribution in [-0.2, 0) is 16.1 Å². The van der Waals surface area contributed by atoms with Gasteiger partial charge in [-0.2, -0.15) is 10.4 Å². The molecule has 0 spiro atoms. The number of carbonyl (C=O) groups excluding carboxylic acids is 1. The molecule has 134 valence electrons. The molecule has 0 aliphatic heterocycles. The molecular formula is C19H20N4O3. The predicted octanol–water partition coefficient (Wildman–Crippen LogP) is 2.25. The number of hydrogen-bond donors (Lipinski definition) is 1. The van der Waals surface area contributed by atoms with Gasteiger partial charge in [0.1, 0.15) is 11.6 Å². The van der Waals surface area contributed by atoms with Crippen LogP contribution in [0.5, 0.6) is 5.88 Å². The van der Waals surface area contributed by atoms with E-state index >= 15 is 0 Å². The van der Waals surface area contributed by atoms with Crippen LogP contribution in [0.1, 0.15) is 27.9 Å². The van der Waals surface area contributed by atoms with E-state index in [1.165, 1.54) is 7.11 Å². The Balaban J connectivity index is 1.96. The van der Waals surface area contributed by atoms with E-state index in [4.69, 9.17) is 9.47 Å². The van der Waals surface area contributed by atoms with Crippen LogP contribution in [-0.4, -0.2) is 30.8 Å². The van der Waals surface area contributed by atoms with Gasteiger partial charge in [0.15, 0.2) is 6.61 Å². The maximum Gasteiger partial charge on any atom is 0.278 e. The Hall–Kier alpha value is -3.24. The van der Waals surface area contributed by atoms with Crippen molar-refractivity contribution in [3.8, 4) is 11.9 Å². The molecule has 0 bridgehead atoms. The van der Waals surface area contributed by atoms with Crippen molar-refractivity contribution in [2.75, 3.05) is 13.7 Å². The van der Waals surface area contributed by atoms with Crippen LogP contribution in [0.15, 0.2) is 35.4 Å². The van der Waals surface area contributed by atoms with Crippen LogP contribution in [0.3, 0.4) is 0 Å². The van der Waals surface area contributed by atoms with E-state index in [0.717, 1.165) is 11.1 Å². The van der Waals surface area contributed by atoms with Gasteiger partial charge in [0.2, 0.25) is 5.88 Å². The number of pyridine rings is 1. The Morgan fingerprint density at radius 1 is 1.35 bits per heavy atom. The molecule has 0 fully saturated rings. The lowest BCUT2D eigenvalue weighted by Crippen LogP contribution is -2.25. The molecule has 1 aromatic heterocycles. The van der Waals surface area contributed by atoms with Crippen LogP contribution in [0, 0.1) is 25.2 Å². The van der Waals surface area contributed by atoms with Gasteiger partial charge in [0, 0.05) is 18.4 Å². The van der Waals surface area contributed by atoms with Crippen molar-refractivity contribution in [2.45, 2.75) is 20.5 Å². The zero-order valence-electron chi connectivity index (χ0n) is 14.9. The number of nitrogens with zero attached hydrogens (tertiary/aromatic N) is 3. The second-order valence-electron chi connectivity index (χ2n) is 5.64. The third-order valence-corrected chi connectivity index (χ3v) is 3.43. The number of hydrazone groups is 1. The van der Waals surface area contributed by atoms with Gasteiger partial charge in [-0.25, -0.2) is 10.4 Å². The summed E-state index contributed by atoms with van der Waals surface area (Å²) in [5.74, 6) is -0.342. The first-order chi connectivity index (χ1) is 12.5. The molecular weight excluding hydrogens is 332 g/mol. The molecule has 0 saturated heterocycles. The summed E-state index contributed by atoms with van der Waals surface area (Å²) in [5.41, 5.74) is 5.98. The van der Waals surface area contributed by atoms with E-state index < -0.39 is 5.91 Å². The first-order valence-electron chi connectivity index (χ1n) is 7.94. The zero-order chi connectivity index (χ0) is 18.9. The molecule has 26 heavy (non-hydrogen) atoms. The van der Waals surface area contributed by atoms with Crippen molar-refractivity contribution < 1.29 is 14.3 Å². The summed E-state index contributed by atoms with van der Waals surface area (Å²) in [6.07, 6.45) is 1.54. The zero-order valence-corrected chi connectivity index (χ0v) is 14.9. The minimum Gasteiger partial charge on any atom is -0.467 e. The highest BCUT2D eigenvalue weighted by atomic mass is 16.5. The van der Waals surface area contributed by atoms with E-state index in [-0.39, 0.29) is 24.7 Å². The van der Waals surface area contributed by atoms with Crippen LogP contribution >= 0.6 is 0 Å². The topological polar surface area (TPSA) is 96.6 Å². The van der Waals surface area contributed by atoms with E-state index in [1.807, 2.05) is 37.3 Å². The number of amides is 1. The van der Waals surface area contributed by atoms with E-state index in [2.05, 4.69) is 15.5 Å². The van der Waals surface area contributed by atoms with E-state index in [0.29, 0.717) is 11.3 Å². The van der Waals surface area contributed by atoms with Gasteiger partial charge >= 0.3 is 0 Å². The third kappa shape index (κ3) is 5.40. The molecule has 1 N–H and O–H groups in total. The van der Waals surface area contributed by atoms with Gasteiger partial charge in [-0.15, -0.1) is 0 Å². The molecule has 0 aliphatic carbocycles. The summed E-state index contributed by atoms with van der Waals surface area (Å²) < 4.78 is 10.5. The number of aromatic nitrogens is 1. The third-order valence-electron chi connectivity index (χ3n) is 3.43. The molecule has 0 atom stereocenters. The minimum atomic E-state index is -0.450. The van der Waals surface area contributed by atoms with Crippen LogP contribution in [0.25, 0.3) is 0 Å². The van der Waals surface area contributed by atoms with E-state index in [1.54, 1.807) is 19.2 Å². The maximum absolute atomic E-state index is 11.9. The Bertz CT molecular complexity index is 839. The number of carbonyl (C=O) groups is 1. The molecule has 2 rings (SSSR count). The Morgan fingerprint density at radius 2 is 2.08 bits per heavy atom. The molecule has 7 nitrogen and oxygen atoms in total.